The molecule has 2 saturated heterocycles. The Labute approximate surface area is 259 Å². The van der Waals surface area contributed by atoms with Gasteiger partial charge < -0.3 is 44.8 Å². The Morgan fingerprint density at radius 2 is 1.58 bits per heavy atom. The zero-order valence-corrected chi connectivity index (χ0v) is 25.1. The molecule has 1 aromatic carbocycles. The second-order valence-corrected chi connectivity index (χ2v) is 10.7. The van der Waals surface area contributed by atoms with Gasteiger partial charge >= 0.3 is 12.1 Å². The predicted molar refractivity (Wildman–Crippen MR) is 156 cm³/mol. The number of carbonyl (C=O) groups excluding carboxylic acids is 4. The Kier molecular flexibility index (Phi) is 11.0. The van der Waals surface area contributed by atoms with E-state index in [9.17, 15) is 39.3 Å². The fourth-order valence-electron chi connectivity index (χ4n) is 5.05. The lowest BCUT2D eigenvalue weighted by Gasteiger charge is -2.35. The van der Waals surface area contributed by atoms with Crippen molar-refractivity contribution in [3.63, 3.8) is 0 Å². The number of likely N-dealkylation sites (tertiary alicyclic amines) is 1. The third-order valence-corrected chi connectivity index (χ3v) is 7.49. The first kappa shape index (κ1) is 33.2. The lowest BCUT2D eigenvalue weighted by Crippen LogP contribution is -2.56. The minimum absolute atomic E-state index is 0.0380. The minimum atomic E-state index is -1.19. The number of ether oxygens (including phenoxy) is 2. The summed E-state index contributed by atoms with van der Waals surface area (Å²) in [5.74, 6) is -2.86. The number of nitrogens with one attached hydrogen (secondary N) is 1. The van der Waals surface area contributed by atoms with Crippen LogP contribution in [-0.2, 0) is 19.1 Å². The van der Waals surface area contributed by atoms with Crippen LogP contribution in [0.5, 0.6) is 5.88 Å². The van der Waals surface area contributed by atoms with Crippen molar-refractivity contribution in [3.05, 3.63) is 42.1 Å². The highest BCUT2D eigenvalue weighted by atomic mass is 16.6. The van der Waals surface area contributed by atoms with Gasteiger partial charge in [-0.05, 0) is 32.4 Å². The monoisotopic (exact) mass is 630 g/mol. The number of aromatic nitrogens is 2. The molecule has 4 rings (SSSR count). The second kappa shape index (κ2) is 14.9. The highest BCUT2D eigenvalue weighted by Crippen LogP contribution is 2.23. The molecule has 3 heterocycles. The summed E-state index contributed by atoms with van der Waals surface area (Å²) in [6.07, 6.45) is -4.25. The molecule has 2 aromatic rings. The van der Waals surface area contributed by atoms with E-state index in [4.69, 9.17) is 9.47 Å². The number of carboxylic acid groups (broad SMARTS) is 1. The van der Waals surface area contributed by atoms with E-state index in [0.717, 1.165) is 0 Å². The molecule has 1 unspecified atom stereocenters. The van der Waals surface area contributed by atoms with Gasteiger partial charge in [0.05, 0.1) is 24.5 Å². The number of β-amino-alcohol motifs (C(OH)–C–C–N with tert-alkyl or cyclic N) is 2. The van der Waals surface area contributed by atoms with Crippen LogP contribution in [0.1, 0.15) is 37.2 Å². The number of aliphatic hydroxyl groups is 2. The zero-order chi connectivity index (χ0) is 32.7. The molecule has 0 spiro atoms. The number of piperazine rings is 1. The summed E-state index contributed by atoms with van der Waals surface area (Å²) >= 11 is 0. The summed E-state index contributed by atoms with van der Waals surface area (Å²) in [6.45, 7) is 4.09. The zero-order valence-electron chi connectivity index (χ0n) is 25.1. The maximum atomic E-state index is 13.4. The predicted octanol–water partition coefficient (Wildman–Crippen LogP) is -0.532. The molecule has 2 aliphatic rings. The van der Waals surface area contributed by atoms with Crippen LogP contribution in [0.3, 0.4) is 0 Å². The molecule has 0 bridgehead atoms. The Hall–Kier alpha value is -4.70. The van der Waals surface area contributed by atoms with Crippen LogP contribution in [0.4, 0.5) is 4.79 Å². The molecule has 0 aliphatic carbocycles. The fraction of sp³-hybridized carbons (Fsp3) is 0.517. The van der Waals surface area contributed by atoms with Gasteiger partial charge in [0, 0.05) is 51.8 Å². The lowest BCUT2D eigenvalue weighted by molar-refractivity contribution is -0.139. The summed E-state index contributed by atoms with van der Waals surface area (Å²) in [7, 11) is 0. The van der Waals surface area contributed by atoms with Crippen molar-refractivity contribution >= 4 is 29.8 Å². The molecular weight excluding hydrogens is 592 g/mol. The fourth-order valence-corrected chi connectivity index (χ4v) is 5.05. The van der Waals surface area contributed by atoms with Crippen LogP contribution in [0.25, 0.3) is 5.69 Å². The SMILES string of the molecule is CCOC(=O)N1CCN(C(=O)[C@H](CCC(=O)O)NC(=O)c2cc(OC(C)C(=O)N3C[C@H](O)[C@@H](O)C3)n(-c3ccccc3)n2)CC1. The van der Waals surface area contributed by atoms with Gasteiger partial charge in [-0.1, -0.05) is 18.2 Å². The summed E-state index contributed by atoms with van der Waals surface area (Å²) in [5.41, 5.74) is 0.358. The highest BCUT2D eigenvalue weighted by molar-refractivity contribution is 5.96. The quantitative estimate of drug-likeness (QED) is 0.248. The van der Waals surface area contributed by atoms with Gasteiger partial charge in [0.1, 0.15) is 6.04 Å². The van der Waals surface area contributed by atoms with Crippen LogP contribution in [0, 0.1) is 0 Å². The maximum Gasteiger partial charge on any atom is 0.409 e. The largest absolute Gasteiger partial charge is 0.481 e. The summed E-state index contributed by atoms with van der Waals surface area (Å²) in [5, 5.41) is 35.9. The van der Waals surface area contributed by atoms with Gasteiger partial charge in [0.2, 0.25) is 11.8 Å². The smallest absolute Gasteiger partial charge is 0.409 e. The van der Waals surface area contributed by atoms with Gasteiger partial charge in [0.15, 0.2) is 11.8 Å². The number of aliphatic carboxylic acids is 1. The lowest BCUT2D eigenvalue weighted by atomic mass is 10.1. The molecular formula is C29H38N6O10. The van der Waals surface area contributed by atoms with E-state index >= 15 is 0 Å². The number of aliphatic hydroxyl groups excluding tert-OH is 2. The third kappa shape index (κ3) is 8.27. The number of amides is 4. The van der Waals surface area contributed by atoms with Crippen LogP contribution < -0.4 is 10.1 Å². The molecule has 0 radical (unpaired) electrons. The molecule has 45 heavy (non-hydrogen) atoms. The van der Waals surface area contributed by atoms with Crippen molar-refractivity contribution in [2.45, 2.75) is 51.0 Å². The molecule has 2 fully saturated rings. The molecule has 0 saturated carbocycles. The van der Waals surface area contributed by atoms with Gasteiger partial charge in [-0.3, -0.25) is 19.2 Å². The molecule has 4 atom stereocenters. The number of para-hydroxylation sites is 1. The topological polar surface area (TPSA) is 204 Å². The van der Waals surface area contributed by atoms with Crippen molar-refractivity contribution in [2.24, 2.45) is 0 Å². The molecule has 1 aromatic heterocycles. The number of rotatable bonds is 11. The minimum Gasteiger partial charge on any atom is -0.481 e. The number of nitrogens with zero attached hydrogens (tertiary/aromatic N) is 5. The Morgan fingerprint density at radius 1 is 0.956 bits per heavy atom. The average Bonchev–Trinajstić information content (AvgIpc) is 3.61. The van der Waals surface area contributed by atoms with Gasteiger partial charge in [0.25, 0.3) is 11.8 Å². The summed E-state index contributed by atoms with van der Waals surface area (Å²) < 4.78 is 12.2. The van der Waals surface area contributed by atoms with Crippen LogP contribution >= 0.6 is 0 Å². The van der Waals surface area contributed by atoms with Crippen LogP contribution in [-0.4, -0.2) is 140 Å². The molecule has 16 heteroatoms. The molecule has 4 amide bonds. The second-order valence-electron chi connectivity index (χ2n) is 10.7. The van der Waals surface area contributed by atoms with Crippen molar-refractivity contribution in [1.29, 1.82) is 0 Å². The maximum absolute atomic E-state index is 13.4. The van der Waals surface area contributed by atoms with Crippen molar-refractivity contribution < 1.29 is 48.8 Å². The van der Waals surface area contributed by atoms with E-state index in [1.165, 1.54) is 32.4 Å². The number of hydrogen-bond donors (Lipinski definition) is 4. The van der Waals surface area contributed by atoms with E-state index < -0.39 is 54.1 Å². The van der Waals surface area contributed by atoms with E-state index in [2.05, 4.69) is 10.4 Å². The summed E-state index contributed by atoms with van der Waals surface area (Å²) in [6, 6.07) is 8.78. The third-order valence-electron chi connectivity index (χ3n) is 7.49. The first-order valence-corrected chi connectivity index (χ1v) is 14.7. The molecule has 4 N–H and O–H groups in total. The Morgan fingerprint density at radius 3 is 2.18 bits per heavy atom. The standard InChI is InChI=1S/C29H38N6O10/c1-3-44-29(43)33-13-11-32(12-14-33)28(42)20(9-10-25(38)39)30-26(40)21-15-24(35(31-21)19-7-5-4-6-8-19)45-18(2)27(41)34-16-22(36)23(37)17-34/h4-8,15,18,20,22-23,36-37H,3,9-14,16-17H2,1-2H3,(H,30,40)(H,38,39)/t18?,20-,22-,23-/m0/s1. The first-order valence-electron chi connectivity index (χ1n) is 14.7. The van der Waals surface area contributed by atoms with Crippen molar-refractivity contribution in [1.82, 2.24) is 29.8 Å². The van der Waals surface area contributed by atoms with Crippen LogP contribution in [0.15, 0.2) is 36.4 Å². The van der Waals surface area contributed by atoms with E-state index in [1.54, 1.807) is 37.3 Å². The normalized spacial score (nSPS) is 19.5. The average molecular weight is 631 g/mol. The van der Waals surface area contributed by atoms with E-state index in [0.29, 0.717) is 5.69 Å². The number of benzene rings is 1. The number of hydrogen-bond acceptors (Lipinski definition) is 10. The summed E-state index contributed by atoms with van der Waals surface area (Å²) in [4.78, 5) is 67.4. The van der Waals surface area contributed by atoms with E-state index in [-0.39, 0.29) is 70.3 Å². The van der Waals surface area contributed by atoms with E-state index in [1.807, 2.05) is 0 Å². The first-order chi connectivity index (χ1) is 21.5. The molecule has 2 aliphatic heterocycles. The molecule has 244 valence electrons. The molecule has 16 nitrogen and oxygen atoms in total. The highest BCUT2D eigenvalue weighted by Gasteiger charge is 2.36. The van der Waals surface area contributed by atoms with Gasteiger partial charge in [-0.2, -0.15) is 5.10 Å². The number of carboxylic acids is 1. The Balaban J connectivity index is 1.51. The Bertz CT molecular complexity index is 1370. The van der Waals surface area contributed by atoms with Crippen molar-refractivity contribution in [2.75, 3.05) is 45.9 Å². The van der Waals surface area contributed by atoms with Crippen LogP contribution in [0.2, 0.25) is 0 Å². The van der Waals surface area contributed by atoms with Gasteiger partial charge in [-0.25, -0.2) is 9.48 Å². The van der Waals surface area contributed by atoms with Gasteiger partial charge in [-0.15, -0.1) is 0 Å². The van der Waals surface area contributed by atoms with Crippen molar-refractivity contribution in [3.8, 4) is 11.6 Å². The number of carbonyl (C=O) groups is 5.